The van der Waals surface area contributed by atoms with Crippen LogP contribution in [0.5, 0.6) is 0 Å². The van der Waals surface area contributed by atoms with Gasteiger partial charge in [-0.2, -0.15) is 0 Å². The Kier molecular flexibility index (Phi) is 3.66. The van der Waals surface area contributed by atoms with E-state index in [-0.39, 0.29) is 10.2 Å². The summed E-state index contributed by atoms with van der Waals surface area (Å²) in [4.78, 5) is 8.05. The summed E-state index contributed by atoms with van der Waals surface area (Å²) in [5.41, 5.74) is 0.708. The number of aryl methyl sites for hydroxylation is 1. The minimum atomic E-state index is -0.532. The van der Waals surface area contributed by atoms with Gasteiger partial charge in [0, 0.05) is 16.1 Å². The number of hydrogen-bond donors (Lipinski definition) is 0. The number of aromatic nitrogens is 2. The van der Waals surface area contributed by atoms with Gasteiger partial charge < -0.3 is 0 Å². The molecule has 88 valence electrons. The van der Waals surface area contributed by atoms with Gasteiger partial charge in [0.1, 0.15) is 11.0 Å². The van der Waals surface area contributed by atoms with Crippen molar-refractivity contribution in [3.05, 3.63) is 44.5 Å². The predicted octanol–water partition coefficient (Wildman–Crippen LogP) is 4.66. The van der Waals surface area contributed by atoms with Crippen molar-refractivity contribution in [3.8, 4) is 11.3 Å². The van der Waals surface area contributed by atoms with Gasteiger partial charge in [-0.1, -0.05) is 23.2 Å². The van der Waals surface area contributed by atoms with Crippen LogP contribution in [0.3, 0.4) is 0 Å². The molecule has 0 aliphatic rings. The number of rotatable bonds is 1. The van der Waals surface area contributed by atoms with Crippen LogP contribution in [0, 0.1) is 12.7 Å². The maximum absolute atomic E-state index is 13.9. The molecule has 17 heavy (non-hydrogen) atoms. The lowest BCUT2D eigenvalue weighted by molar-refractivity contribution is 0.630. The second-order valence-electron chi connectivity index (χ2n) is 3.35. The van der Waals surface area contributed by atoms with E-state index in [1.54, 1.807) is 19.1 Å². The summed E-state index contributed by atoms with van der Waals surface area (Å²) in [5, 5.41) is 0.292. The van der Waals surface area contributed by atoms with E-state index in [1.807, 2.05) is 0 Å². The highest BCUT2D eigenvalue weighted by Gasteiger charge is 2.13. The molecule has 0 N–H and O–H groups in total. The van der Waals surface area contributed by atoms with Crippen LogP contribution < -0.4 is 0 Å². The van der Waals surface area contributed by atoms with Crippen molar-refractivity contribution < 1.29 is 4.39 Å². The van der Waals surface area contributed by atoms with Crippen LogP contribution in [0.4, 0.5) is 4.39 Å². The van der Waals surface area contributed by atoms with E-state index in [1.165, 1.54) is 6.07 Å². The lowest BCUT2D eigenvalue weighted by Gasteiger charge is -2.06. The fourth-order valence-corrected chi connectivity index (χ4v) is 2.09. The molecule has 0 saturated heterocycles. The Balaban J connectivity index is 2.64. The highest BCUT2D eigenvalue weighted by Crippen LogP contribution is 2.32. The van der Waals surface area contributed by atoms with Gasteiger partial charge in [0.15, 0.2) is 5.82 Å². The number of halogens is 4. The molecular formula is C11H6BrCl2FN2. The zero-order chi connectivity index (χ0) is 12.6. The van der Waals surface area contributed by atoms with Gasteiger partial charge in [-0.3, -0.25) is 0 Å². The Morgan fingerprint density at radius 3 is 2.59 bits per heavy atom. The van der Waals surface area contributed by atoms with Gasteiger partial charge in [0.05, 0.1) is 10.7 Å². The summed E-state index contributed by atoms with van der Waals surface area (Å²) >= 11 is 14.8. The lowest BCUT2D eigenvalue weighted by atomic mass is 10.1. The van der Waals surface area contributed by atoms with Gasteiger partial charge in [-0.05, 0) is 35.0 Å². The quantitative estimate of drug-likeness (QED) is 0.559. The Labute approximate surface area is 116 Å². The highest BCUT2D eigenvalue weighted by molar-refractivity contribution is 9.10. The van der Waals surface area contributed by atoms with Crippen molar-refractivity contribution in [3.63, 3.8) is 0 Å². The highest BCUT2D eigenvalue weighted by atomic mass is 79.9. The molecule has 0 spiro atoms. The first-order valence-electron chi connectivity index (χ1n) is 4.64. The topological polar surface area (TPSA) is 25.8 Å². The average Bonchev–Trinajstić information content (AvgIpc) is 2.24. The van der Waals surface area contributed by atoms with Gasteiger partial charge >= 0.3 is 0 Å². The Morgan fingerprint density at radius 1 is 1.24 bits per heavy atom. The van der Waals surface area contributed by atoms with Crippen LogP contribution in [0.2, 0.25) is 10.2 Å². The number of nitrogens with zero attached hydrogens (tertiary/aromatic N) is 2. The normalized spacial score (nSPS) is 10.6. The van der Waals surface area contributed by atoms with Crippen molar-refractivity contribution >= 4 is 39.1 Å². The summed E-state index contributed by atoms with van der Waals surface area (Å²) in [6, 6.07) is 4.74. The maximum atomic E-state index is 13.9. The average molecular weight is 336 g/mol. The molecule has 0 amide bonds. The third-order valence-corrected chi connectivity index (χ3v) is 3.57. The molecule has 2 aromatic rings. The first-order valence-corrected chi connectivity index (χ1v) is 6.19. The first-order chi connectivity index (χ1) is 7.99. The molecule has 1 heterocycles. The molecule has 1 aromatic heterocycles. The van der Waals surface area contributed by atoms with E-state index in [9.17, 15) is 4.39 Å². The molecule has 0 aliphatic heterocycles. The van der Waals surface area contributed by atoms with E-state index in [4.69, 9.17) is 23.2 Å². The van der Waals surface area contributed by atoms with Crippen LogP contribution in [-0.2, 0) is 0 Å². The second kappa shape index (κ2) is 4.88. The van der Waals surface area contributed by atoms with E-state index < -0.39 is 5.82 Å². The minimum Gasteiger partial charge on any atom is -0.233 e. The summed E-state index contributed by atoms with van der Waals surface area (Å²) in [5.74, 6) is -0.0545. The first kappa shape index (κ1) is 12.7. The fraction of sp³-hybridized carbons (Fsp3) is 0.0909. The third-order valence-electron chi connectivity index (χ3n) is 2.12. The monoisotopic (exact) mass is 334 g/mol. The van der Waals surface area contributed by atoms with Gasteiger partial charge in [0.25, 0.3) is 0 Å². The third kappa shape index (κ3) is 2.59. The van der Waals surface area contributed by atoms with Crippen molar-refractivity contribution in [1.82, 2.24) is 9.97 Å². The van der Waals surface area contributed by atoms with Gasteiger partial charge in [0.2, 0.25) is 0 Å². The molecule has 0 radical (unpaired) electrons. The lowest BCUT2D eigenvalue weighted by Crippen LogP contribution is -1.94. The van der Waals surface area contributed by atoms with Crippen LogP contribution >= 0.6 is 39.1 Å². The van der Waals surface area contributed by atoms with Gasteiger partial charge in [-0.15, -0.1) is 0 Å². The van der Waals surface area contributed by atoms with E-state index in [0.29, 0.717) is 21.6 Å². The fourth-order valence-electron chi connectivity index (χ4n) is 1.39. The Bertz CT molecular complexity index is 570. The van der Waals surface area contributed by atoms with Gasteiger partial charge in [-0.25, -0.2) is 14.4 Å². The Hall–Kier alpha value is -0.710. The van der Waals surface area contributed by atoms with Crippen molar-refractivity contribution in [1.29, 1.82) is 0 Å². The standard InChI is InChI=1S/C11H6BrCl2FN2/c1-5-16-8(4-9(13)17-5)6-2-3-7(12)10(14)11(6)15/h2-4H,1H3. The van der Waals surface area contributed by atoms with Crippen molar-refractivity contribution in [2.45, 2.75) is 6.92 Å². The number of benzene rings is 1. The molecule has 0 atom stereocenters. The molecule has 1 aromatic carbocycles. The Morgan fingerprint density at radius 2 is 1.94 bits per heavy atom. The maximum Gasteiger partial charge on any atom is 0.152 e. The summed E-state index contributed by atoms with van der Waals surface area (Å²) < 4.78 is 14.4. The largest absolute Gasteiger partial charge is 0.233 e. The molecule has 0 unspecified atom stereocenters. The van der Waals surface area contributed by atoms with Crippen LogP contribution in [0.25, 0.3) is 11.3 Å². The molecule has 0 bridgehead atoms. The van der Waals surface area contributed by atoms with E-state index in [0.717, 1.165) is 0 Å². The van der Waals surface area contributed by atoms with Crippen molar-refractivity contribution in [2.24, 2.45) is 0 Å². The summed E-state index contributed by atoms with van der Waals surface area (Å²) in [6.45, 7) is 1.69. The molecule has 2 rings (SSSR count). The molecule has 0 fully saturated rings. The number of hydrogen-bond acceptors (Lipinski definition) is 2. The van der Waals surface area contributed by atoms with Crippen molar-refractivity contribution in [2.75, 3.05) is 0 Å². The SMILES string of the molecule is Cc1nc(Cl)cc(-c2ccc(Br)c(Cl)c2F)n1. The van der Waals surface area contributed by atoms with E-state index in [2.05, 4.69) is 25.9 Å². The molecule has 0 aliphatic carbocycles. The molecule has 2 nitrogen and oxygen atoms in total. The molecule has 6 heteroatoms. The van der Waals surface area contributed by atoms with Crippen LogP contribution in [0.1, 0.15) is 5.82 Å². The predicted molar refractivity (Wildman–Crippen MR) is 69.9 cm³/mol. The summed E-state index contributed by atoms with van der Waals surface area (Å²) in [7, 11) is 0. The second-order valence-corrected chi connectivity index (χ2v) is 4.97. The summed E-state index contributed by atoms with van der Waals surface area (Å²) in [6.07, 6.45) is 0. The zero-order valence-electron chi connectivity index (χ0n) is 8.64. The minimum absolute atomic E-state index is 0.0230. The zero-order valence-corrected chi connectivity index (χ0v) is 11.7. The molecule has 0 saturated carbocycles. The van der Waals surface area contributed by atoms with Crippen LogP contribution in [-0.4, -0.2) is 9.97 Å². The van der Waals surface area contributed by atoms with E-state index >= 15 is 0 Å². The smallest absolute Gasteiger partial charge is 0.152 e. The van der Waals surface area contributed by atoms with Crippen LogP contribution in [0.15, 0.2) is 22.7 Å². The molecular weight excluding hydrogens is 330 g/mol.